The molecule has 0 aromatic heterocycles. The Morgan fingerprint density at radius 3 is 2.15 bits per heavy atom. The number of rotatable bonds is 9. The standard InChI is InChI=1S/C19H33N/c1-6-8-9-10-18(20-11-7-2)14-19-16(4)12-15(3)13-17(19)5/h12-13,18,20H,6-11,14H2,1-5H3. The fourth-order valence-corrected chi connectivity index (χ4v) is 3.04. The third-order valence-corrected chi connectivity index (χ3v) is 4.13. The summed E-state index contributed by atoms with van der Waals surface area (Å²) in [7, 11) is 0. The van der Waals surface area contributed by atoms with Crippen LogP contribution < -0.4 is 5.32 Å². The van der Waals surface area contributed by atoms with E-state index in [2.05, 4.69) is 52.1 Å². The summed E-state index contributed by atoms with van der Waals surface area (Å²) in [6.45, 7) is 12.4. The molecule has 20 heavy (non-hydrogen) atoms. The van der Waals surface area contributed by atoms with Gasteiger partial charge in [0, 0.05) is 6.04 Å². The Morgan fingerprint density at radius 1 is 0.950 bits per heavy atom. The van der Waals surface area contributed by atoms with Crippen molar-refractivity contribution in [1.82, 2.24) is 5.32 Å². The largest absolute Gasteiger partial charge is 0.314 e. The van der Waals surface area contributed by atoms with Crippen LogP contribution in [0.1, 0.15) is 68.2 Å². The summed E-state index contributed by atoms with van der Waals surface area (Å²) in [6, 6.07) is 5.29. The maximum Gasteiger partial charge on any atom is 0.0108 e. The molecule has 0 spiro atoms. The van der Waals surface area contributed by atoms with E-state index in [1.807, 2.05) is 0 Å². The lowest BCUT2D eigenvalue weighted by atomic mass is 9.92. The van der Waals surface area contributed by atoms with Gasteiger partial charge in [0.2, 0.25) is 0 Å². The molecule has 0 fully saturated rings. The summed E-state index contributed by atoms with van der Waals surface area (Å²) < 4.78 is 0. The monoisotopic (exact) mass is 275 g/mol. The molecule has 0 aliphatic heterocycles. The summed E-state index contributed by atoms with van der Waals surface area (Å²) in [5.74, 6) is 0. The lowest BCUT2D eigenvalue weighted by Crippen LogP contribution is -2.32. The predicted molar refractivity (Wildman–Crippen MR) is 90.6 cm³/mol. The summed E-state index contributed by atoms with van der Waals surface area (Å²) in [4.78, 5) is 0. The van der Waals surface area contributed by atoms with Crippen molar-refractivity contribution in [2.45, 2.75) is 79.2 Å². The molecule has 0 saturated heterocycles. The van der Waals surface area contributed by atoms with E-state index >= 15 is 0 Å². The van der Waals surface area contributed by atoms with Crippen molar-refractivity contribution in [3.8, 4) is 0 Å². The molecule has 0 aliphatic rings. The minimum absolute atomic E-state index is 0.640. The summed E-state index contributed by atoms with van der Waals surface area (Å²) >= 11 is 0. The van der Waals surface area contributed by atoms with Crippen LogP contribution in [0.3, 0.4) is 0 Å². The SMILES string of the molecule is CCCCCC(Cc1c(C)cc(C)cc1C)NCCC. The van der Waals surface area contributed by atoms with Gasteiger partial charge in [0.1, 0.15) is 0 Å². The first kappa shape index (κ1) is 17.2. The lowest BCUT2D eigenvalue weighted by Gasteiger charge is -2.21. The van der Waals surface area contributed by atoms with Crippen molar-refractivity contribution in [3.63, 3.8) is 0 Å². The number of nitrogens with one attached hydrogen (secondary N) is 1. The fourth-order valence-electron chi connectivity index (χ4n) is 3.04. The molecule has 1 unspecified atom stereocenters. The van der Waals surface area contributed by atoms with Crippen LogP contribution in [0, 0.1) is 20.8 Å². The molecule has 0 amide bonds. The average molecular weight is 275 g/mol. The molecule has 1 rings (SSSR count). The molecule has 0 radical (unpaired) electrons. The molecular weight excluding hydrogens is 242 g/mol. The van der Waals surface area contributed by atoms with E-state index in [9.17, 15) is 0 Å². The number of benzene rings is 1. The Bertz CT molecular complexity index is 372. The molecule has 1 N–H and O–H groups in total. The Morgan fingerprint density at radius 2 is 1.60 bits per heavy atom. The van der Waals surface area contributed by atoms with Crippen LogP contribution in [-0.4, -0.2) is 12.6 Å². The van der Waals surface area contributed by atoms with Crippen molar-refractivity contribution in [1.29, 1.82) is 0 Å². The van der Waals surface area contributed by atoms with Crippen molar-refractivity contribution < 1.29 is 0 Å². The van der Waals surface area contributed by atoms with E-state index in [1.54, 1.807) is 5.56 Å². The highest BCUT2D eigenvalue weighted by Gasteiger charge is 2.12. The Balaban J connectivity index is 2.72. The molecule has 114 valence electrons. The molecule has 1 nitrogen and oxygen atoms in total. The fraction of sp³-hybridized carbons (Fsp3) is 0.684. The number of aryl methyl sites for hydroxylation is 3. The van der Waals surface area contributed by atoms with Gasteiger partial charge in [-0.25, -0.2) is 0 Å². The molecule has 0 heterocycles. The average Bonchev–Trinajstić information content (AvgIpc) is 2.39. The zero-order chi connectivity index (χ0) is 15.0. The zero-order valence-corrected chi connectivity index (χ0v) is 14.2. The second-order valence-corrected chi connectivity index (χ2v) is 6.23. The Hall–Kier alpha value is -0.820. The van der Waals surface area contributed by atoms with E-state index in [4.69, 9.17) is 0 Å². The number of unbranched alkanes of at least 4 members (excludes halogenated alkanes) is 2. The van der Waals surface area contributed by atoms with Gasteiger partial charge in [-0.15, -0.1) is 0 Å². The van der Waals surface area contributed by atoms with Crippen LogP contribution in [0.15, 0.2) is 12.1 Å². The molecule has 0 aliphatic carbocycles. The van der Waals surface area contributed by atoms with Crippen LogP contribution in [0.25, 0.3) is 0 Å². The second kappa shape index (κ2) is 9.18. The van der Waals surface area contributed by atoms with Crippen LogP contribution >= 0.6 is 0 Å². The first-order valence-corrected chi connectivity index (χ1v) is 8.38. The molecule has 1 heteroatoms. The third kappa shape index (κ3) is 5.66. The first-order chi connectivity index (χ1) is 9.58. The van der Waals surface area contributed by atoms with Gasteiger partial charge in [0.05, 0.1) is 0 Å². The smallest absolute Gasteiger partial charge is 0.0108 e. The molecular formula is C19H33N. The summed E-state index contributed by atoms with van der Waals surface area (Å²) in [6.07, 6.45) is 7.72. The van der Waals surface area contributed by atoms with Crippen molar-refractivity contribution >= 4 is 0 Å². The molecule has 0 saturated carbocycles. The minimum atomic E-state index is 0.640. The topological polar surface area (TPSA) is 12.0 Å². The van der Waals surface area contributed by atoms with Crippen LogP contribution in [0.4, 0.5) is 0 Å². The quantitative estimate of drug-likeness (QED) is 0.618. The number of hydrogen-bond acceptors (Lipinski definition) is 1. The van der Waals surface area contributed by atoms with Gasteiger partial charge in [-0.1, -0.05) is 50.8 Å². The van der Waals surface area contributed by atoms with E-state index in [-0.39, 0.29) is 0 Å². The van der Waals surface area contributed by atoms with E-state index in [0.29, 0.717) is 6.04 Å². The third-order valence-electron chi connectivity index (χ3n) is 4.13. The normalized spacial score (nSPS) is 12.7. The highest BCUT2D eigenvalue weighted by molar-refractivity contribution is 5.38. The Labute approximate surface area is 126 Å². The minimum Gasteiger partial charge on any atom is -0.314 e. The maximum atomic E-state index is 3.75. The van der Waals surface area contributed by atoms with E-state index in [0.717, 1.165) is 6.54 Å². The van der Waals surface area contributed by atoms with Gasteiger partial charge in [0.15, 0.2) is 0 Å². The van der Waals surface area contributed by atoms with Crippen LogP contribution in [0.5, 0.6) is 0 Å². The van der Waals surface area contributed by atoms with Gasteiger partial charge in [-0.3, -0.25) is 0 Å². The second-order valence-electron chi connectivity index (χ2n) is 6.23. The summed E-state index contributed by atoms with van der Waals surface area (Å²) in [5, 5.41) is 3.75. The maximum absolute atomic E-state index is 3.75. The zero-order valence-electron chi connectivity index (χ0n) is 14.2. The molecule has 1 atom stereocenters. The van der Waals surface area contributed by atoms with Gasteiger partial charge < -0.3 is 5.32 Å². The lowest BCUT2D eigenvalue weighted by molar-refractivity contribution is 0.455. The first-order valence-electron chi connectivity index (χ1n) is 8.38. The van der Waals surface area contributed by atoms with Crippen LogP contribution in [-0.2, 0) is 6.42 Å². The highest BCUT2D eigenvalue weighted by Crippen LogP contribution is 2.20. The summed E-state index contributed by atoms with van der Waals surface area (Å²) in [5.41, 5.74) is 5.86. The van der Waals surface area contributed by atoms with Gasteiger partial charge in [0.25, 0.3) is 0 Å². The van der Waals surface area contributed by atoms with Gasteiger partial charge in [-0.05, 0) is 63.3 Å². The van der Waals surface area contributed by atoms with Crippen molar-refractivity contribution in [2.24, 2.45) is 0 Å². The van der Waals surface area contributed by atoms with Crippen molar-refractivity contribution in [3.05, 3.63) is 34.4 Å². The number of hydrogen-bond donors (Lipinski definition) is 1. The highest BCUT2D eigenvalue weighted by atomic mass is 14.9. The van der Waals surface area contributed by atoms with Gasteiger partial charge in [-0.2, -0.15) is 0 Å². The van der Waals surface area contributed by atoms with Crippen LogP contribution in [0.2, 0.25) is 0 Å². The predicted octanol–water partition coefficient (Wildman–Crippen LogP) is 5.10. The Kier molecular flexibility index (Phi) is 7.91. The molecule has 0 bridgehead atoms. The van der Waals surface area contributed by atoms with Gasteiger partial charge >= 0.3 is 0 Å². The van der Waals surface area contributed by atoms with E-state index in [1.165, 1.54) is 55.2 Å². The van der Waals surface area contributed by atoms with Crippen molar-refractivity contribution in [2.75, 3.05) is 6.54 Å². The molecule has 1 aromatic rings. The van der Waals surface area contributed by atoms with E-state index < -0.39 is 0 Å². The molecule has 1 aromatic carbocycles.